The van der Waals surface area contributed by atoms with E-state index in [2.05, 4.69) is 17.2 Å². The highest BCUT2D eigenvalue weighted by molar-refractivity contribution is 5.87. The standard InChI is InChI=1S/C10H18N2O3/c1-4-9(13)11-6-5-10(14)12-7-15-8(2)3/h4,8H,1,5-7H2,2-3H3,(H,11,13)(H,12,14). The van der Waals surface area contributed by atoms with E-state index in [1.165, 1.54) is 6.08 Å². The van der Waals surface area contributed by atoms with E-state index in [1.54, 1.807) is 0 Å². The lowest BCUT2D eigenvalue weighted by Gasteiger charge is -2.08. The molecule has 0 bridgehead atoms. The zero-order valence-corrected chi connectivity index (χ0v) is 9.21. The molecule has 0 aromatic carbocycles. The minimum atomic E-state index is -0.277. The highest BCUT2D eigenvalue weighted by Crippen LogP contribution is 1.85. The predicted octanol–water partition coefficient (Wildman–Crippen LogP) is 0.177. The normalized spacial score (nSPS) is 9.80. The Bertz CT molecular complexity index is 227. The molecule has 15 heavy (non-hydrogen) atoms. The Morgan fingerprint density at radius 3 is 2.60 bits per heavy atom. The van der Waals surface area contributed by atoms with Crippen LogP contribution in [0.1, 0.15) is 20.3 Å². The van der Waals surface area contributed by atoms with Crippen molar-refractivity contribution in [3.8, 4) is 0 Å². The van der Waals surface area contributed by atoms with Crippen LogP contribution in [0.2, 0.25) is 0 Å². The summed E-state index contributed by atoms with van der Waals surface area (Å²) in [6, 6.07) is 0. The third-order valence-electron chi connectivity index (χ3n) is 1.52. The first-order valence-corrected chi connectivity index (χ1v) is 4.84. The summed E-state index contributed by atoms with van der Waals surface area (Å²) >= 11 is 0. The highest BCUT2D eigenvalue weighted by Gasteiger charge is 2.01. The Morgan fingerprint density at radius 2 is 2.07 bits per heavy atom. The first-order chi connectivity index (χ1) is 7.06. The first-order valence-electron chi connectivity index (χ1n) is 4.84. The zero-order valence-electron chi connectivity index (χ0n) is 9.21. The lowest BCUT2D eigenvalue weighted by atomic mass is 10.4. The average molecular weight is 214 g/mol. The molecule has 0 saturated heterocycles. The Kier molecular flexibility index (Phi) is 7.27. The Morgan fingerprint density at radius 1 is 1.40 bits per heavy atom. The Labute approximate surface area is 89.9 Å². The molecular weight excluding hydrogens is 196 g/mol. The molecule has 0 aliphatic heterocycles. The molecule has 0 aliphatic carbocycles. The van der Waals surface area contributed by atoms with Crippen molar-refractivity contribution in [2.75, 3.05) is 13.3 Å². The SMILES string of the molecule is C=CC(=O)NCCC(=O)NCOC(C)C. The first kappa shape index (κ1) is 13.6. The van der Waals surface area contributed by atoms with Crippen LogP contribution in [0.5, 0.6) is 0 Å². The van der Waals surface area contributed by atoms with Crippen molar-refractivity contribution in [2.45, 2.75) is 26.4 Å². The molecule has 0 radical (unpaired) electrons. The maximum Gasteiger partial charge on any atom is 0.243 e. The highest BCUT2D eigenvalue weighted by atomic mass is 16.5. The molecule has 0 rings (SSSR count). The number of amides is 2. The van der Waals surface area contributed by atoms with Crippen LogP contribution in [0.4, 0.5) is 0 Å². The summed E-state index contributed by atoms with van der Waals surface area (Å²) in [7, 11) is 0. The molecule has 0 aromatic heterocycles. The minimum absolute atomic E-state index is 0.0887. The second-order valence-corrected chi connectivity index (χ2v) is 3.20. The van der Waals surface area contributed by atoms with Crippen molar-refractivity contribution in [3.63, 3.8) is 0 Å². The van der Waals surface area contributed by atoms with E-state index in [4.69, 9.17) is 4.74 Å². The topological polar surface area (TPSA) is 67.4 Å². The fourth-order valence-electron chi connectivity index (χ4n) is 0.749. The van der Waals surface area contributed by atoms with Gasteiger partial charge in [0.2, 0.25) is 11.8 Å². The summed E-state index contributed by atoms with van der Waals surface area (Å²) in [5, 5.41) is 5.07. The lowest BCUT2D eigenvalue weighted by Crippen LogP contribution is -2.31. The van der Waals surface area contributed by atoms with Gasteiger partial charge in [-0.2, -0.15) is 0 Å². The van der Waals surface area contributed by atoms with E-state index >= 15 is 0 Å². The van der Waals surface area contributed by atoms with Gasteiger partial charge in [0, 0.05) is 13.0 Å². The summed E-state index contributed by atoms with van der Waals surface area (Å²) in [5.74, 6) is -0.429. The van der Waals surface area contributed by atoms with Crippen molar-refractivity contribution in [3.05, 3.63) is 12.7 Å². The van der Waals surface area contributed by atoms with Gasteiger partial charge in [-0.15, -0.1) is 0 Å². The third-order valence-corrected chi connectivity index (χ3v) is 1.52. The van der Waals surface area contributed by atoms with Crippen molar-refractivity contribution in [2.24, 2.45) is 0 Å². The lowest BCUT2D eigenvalue weighted by molar-refractivity contribution is -0.123. The molecule has 0 atom stereocenters. The van der Waals surface area contributed by atoms with Crippen LogP contribution in [-0.4, -0.2) is 31.2 Å². The second kappa shape index (κ2) is 7.99. The van der Waals surface area contributed by atoms with Crippen molar-refractivity contribution in [1.82, 2.24) is 10.6 Å². The molecule has 2 amide bonds. The van der Waals surface area contributed by atoms with E-state index in [9.17, 15) is 9.59 Å². The summed E-state index contributed by atoms with van der Waals surface area (Å²) < 4.78 is 5.13. The molecule has 0 heterocycles. The summed E-state index contributed by atoms with van der Waals surface area (Å²) in [4.78, 5) is 21.8. The van der Waals surface area contributed by atoms with E-state index in [0.29, 0.717) is 6.54 Å². The zero-order chi connectivity index (χ0) is 11.7. The van der Waals surface area contributed by atoms with Crippen molar-refractivity contribution < 1.29 is 14.3 Å². The molecular formula is C10H18N2O3. The quantitative estimate of drug-likeness (QED) is 0.469. The van der Waals surface area contributed by atoms with Crippen LogP contribution < -0.4 is 10.6 Å². The molecule has 5 heteroatoms. The van der Waals surface area contributed by atoms with Crippen LogP contribution in [0.15, 0.2) is 12.7 Å². The Balaban J connectivity index is 3.41. The van der Waals surface area contributed by atoms with Gasteiger partial charge in [0.05, 0.1) is 6.10 Å². The summed E-state index contributed by atoms with van der Waals surface area (Å²) in [6.07, 6.45) is 1.49. The van der Waals surface area contributed by atoms with Crippen LogP contribution >= 0.6 is 0 Å². The van der Waals surface area contributed by atoms with E-state index in [0.717, 1.165) is 0 Å². The summed E-state index contributed by atoms with van der Waals surface area (Å²) in [5.41, 5.74) is 0. The number of carbonyl (C=O) groups is 2. The molecule has 0 unspecified atom stereocenters. The number of hydrogen-bond acceptors (Lipinski definition) is 3. The smallest absolute Gasteiger partial charge is 0.243 e. The van der Waals surface area contributed by atoms with Gasteiger partial charge in [-0.05, 0) is 19.9 Å². The minimum Gasteiger partial charge on any atom is -0.359 e. The molecule has 0 aliphatic rings. The Hall–Kier alpha value is -1.36. The molecule has 0 aromatic rings. The van der Waals surface area contributed by atoms with Crippen molar-refractivity contribution in [1.29, 1.82) is 0 Å². The second-order valence-electron chi connectivity index (χ2n) is 3.20. The molecule has 2 N–H and O–H groups in total. The predicted molar refractivity (Wildman–Crippen MR) is 57.1 cm³/mol. The number of rotatable bonds is 7. The fourth-order valence-corrected chi connectivity index (χ4v) is 0.749. The largest absolute Gasteiger partial charge is 0.359 e. The third kappa shape index (κ3) is 8.96. The maximum absolute atomic E-state index is 11.1. The van der Waals surface area contributed by atoms with Crippen LogP contribution in [0, 0.1) is 0 Å². The van der Waals surface area contributed by atoms with Gasteiger partial charge >= 0.3 is 0 Å². The van der Waals surface area contributed by atoms with E-state index < -0.39 is 0 Å². The number of carbonyl (C=O) groups excluding carboxylic acids is 2. The average Bonchev–Trinajstić information content (AvgIpc) is 2.17. The molecule has 86 valence electrons. The van der Waals surface area contributed by atoms with Gasteiger partial charge < -0.3 is 15.4 Å². The molecule has 0 spiro atoms. The van der Waals surface area contributed by atoms with Crippen LogP contribution in [-0.2, 0) is 14.3 Å². The van der Waals surface area contributed by atoms with Gasteiger partial charge in [-0.3, -0.25) is 9.59 Å². The van der Waals surface area contributed by atoms with Gasteiger partial charge in [0.25, 0.3) is 0 Å². The van der Waals surface area contributed by atoms with Crippen molar-refractivity contribution >= 4 is 11.8 Å². The number of nitrogens with one attached hydrogen (secondary N) is 2. The molecule has 5 nitrogen and oxygen atoms in total. The van der Waals surface area contributed by atoms with Gasteiger partial charge in [-0.1, -0.05) is 6.58 Å². The van der Waals surface area contributed by atoms with Crippen LogP contribution in [0.25, 0.3) is 0 Å². The monoisotopic (exact) mass is 214 g/mol. The molecule has 0 saturated carbocycles. The fraction of sp³-hybridized carbons (Fsp3) is 0.600. The maximum atomic E-state index is 11.1. The van der Waals surface area contributed by atoms with Gasteiger partial charge in [-0.25, -0.2) is 0 Å². The van der Waals surface area contributed by atoms with E-state index in [-0.39, 0.29) is 31.1 Å². The number of ether oxygens (including phenoxy) is 1. The van der Waals surface area contributed by atoms with Gasteiger partial charge in [0.1, 0.15) is 6.73 Å². The summed E-state index contributed by atoms with van der Waals surface area (Å²) in [6.45, 7) is 7.57. The molecule has 0 fully saturated rings. The van der Waals surface area contributed by atoms with Gasteiger partial charge in [0.15, 0.2) is 0 Å². The van der Waals surface area contributed by atoms with E-state index in [1.807, 2.05) is 13.8 Å². The van der Waals surface area contributed by atoms with Crippen LogP contribution in [0.3, 0.4) is 0 Å². The number of hydrogen-bond donors (Lipinski definition) is 2.